The van der Waals surface area contributed by atoms with Crippen LogP contribution in [0.1, 0.15) is 28.8 Å². The summed E-state index contributed by atoms with van der Waals surface area (Å²) in [6.45, 7) is 3.12. The molecule has 1 amide bonds. The first-order valence-corrected chi connectivity index (χ1v) is 9.58. The molecule has 3 heterocycles. The van der Waals surface area contributed by atoms with Gasteiger partial charge in [0.05, 0.1) is 12.2 Å². The van der Waals surface area contributed by atoms with Crippen molar-refractivity contribution in [3.05, 3.63) is 46.3 Å². The number of methoxy groups -OCH3 is 1. The van der Waals surface area contributed by atoms with Crippen LogP contribution in [-0.2, 0) is 11.3 Å². The molecule has 2 aromatic heterocycles. The largest absolute Gasteiger partial charge is 0.384 e. The number of amides is 1. The molecule has 0 bridgehead atoms. The summed E-state index contributed by atoms with van der Waals surface area (Å²) in [6.07, 6.45) is 3.86. The van der Waals surface area contributed by atoms with E-state index in [4.69, 9.17) is 4.74 Å². The lowest BCUT2D eigenvalue weighted by Crippen LogP contribution is -2.41. The van der Waals surface area contributed by atoms with Crippen molar-refractivity contribution in [3.63, 3.8) is 0 Å². The molecule has 1 aliphatic rings. The van der Waals surface area contributed by atoms with Gasteiger partial charge in [0, 0.05) is 40.0 Å². The summed E-state index contributed by atoms with van der Waals surface area (Å²) in [5, 5.41) is 4.22. The Bertz CT molecular complexity index is 670. The Morgan fingerprint density at radius 2 is 2.32 bits per heavy atom. The van der Waals surface area contributed by atoms with Crippen molar-refractivity contribution in [2.45, 2.75) is 19.4 Å². The molecular weight excluding hydrogens is 334 g/mol. The maximum atomic E-state index is 12.7. The van der Waals surface area contributed by atoms with Crippen LogP contribution in [0.15, 0.2) is 35.2 Å². The number of aromatic nitrogens is 1. The summed E-state index contributed by atoms with van der Waals surface area (Å²) in [5.41, 5.74) is 1.93. The summed E-state index contributed by atoms with van der Waals surface area (Å²) >= 11 is 1.70. The molecule has 0 spiro atoms. The van der Waals surface area contributed by atoms with Crippen LogP contribution in [0, 0.1) is 5.92 Å². The van der Waals surface area contributed by atoms with Crippen LogP contribution in [0.25, 0.3) is 0 Å². The molecule has 1 atom stereocenters. The fraction of sp³-hybridized carbons (Fsp3) is 0.474. The van der Waals surface area contributed by atoms with Crippen LogP contribution in [-0.4, -0.2) is 49.6 Å². The lowest BCUT2D eigenvalue weighted by atomic mass is 9.98. The van der Waals surface area contributed by atoms with Gasteiger partial charge in [-0.3, -0.25) is 4.79 Å². The number of carbonyl (C=O) groups is 1. The summed E-state index contributed by atoms with van der Waals surface area (Å²) in [6, 6.07) is 5.93. The smallest absolute Gasteiger partial charge is 0.255 e. The molecule has 0 aliphatic carbocycles. The second-order valence-electron chi connectivity index (χ2n) is 6.61. The van der Waals surface area contributed by atoms with E-state index in [1.807, 2.05) is 24.1 Å². The van der Waals surface area contributed by atoms with E-state index in [9.17, 15) is 4.79 Å². The van der Waals surface area contributed by atoms with Crippen LogP contribution >= 0.6 is 11.3 Å². The van der Waals surface area contributed by atoms with Gasteiger partial charge in [0.15, 0.2) is 0 Å². The van der Waals surface area contributed by atoms with Crippen LogP contribution in [0.4, 0.5) is 5.82 Å². The average molecular weight is 359 g/mol. The monoisotopic (exact) mass is 359 g/mol. The zero-order valence-electron chi connectivity index (χ0n) is 14.9. The quantitative estimate of drug-likeness (QED) is 0.794. The van der Waals surface area contributed by atoms with Gasteiger partial charge in [-0.2, -0.15) is 11.3 Å². The number of nitrogens with zero attached hydrogens (tertiary/aromatic N) is 3. The van der Waals surface area contributed by atoms with Gasteiger partial charge in [0.2, 0.25) is 0 Å². The summed E-state index contributed by atoms with van der Waals surface area (Å²) in [7, 11) is 3.73. The molecule has 0 saturated carbocycles. The number of piperidine rings is 1. The summed E-state index contributed by atoms with van der Waals surface area (Å²) in [4.78, 5) is 21.2. The van der Waals surface area contributed by atoms with Gasteiger partial charge in [-0.15, -0.1) is 0 Å². The molecule has 1 fully saturated rings. The third kappa shape index (κ3) is 4.58. The van der Waals surface area contributed by atoms with Crippen LogP contribution < -0.4 is 4.90 Å². The van der Waals surface area contributed by atoms with Crippen molar-refractivity contribution in [1.82, 2.24) is 9.88 Å². The molecule has 0 N–H and O–H groups in total. The number of hydrogen-bond acceptors (Lipinski definition) is 5. The summed E-state index contributed by atoms with van der Waals surface area (Å²) < 4.78 is 5.25. The second-order valence-corrected chi connectivity index (χ2v) is 7.39. The van der Waals surface area contributed by atoms with Gasteiger partial charge in [-0.1, -0.05) is 0 Å². The normalized spacial score (nSPS) is 17.5. The lowest BCUT2D eigenvalue weighted by molar-refractivity contribution is 0.0570. The topological polar surface area (TPSA) is 45.7 Å². The van der Waals surface area contributed by atoms with Crippen LogP contribution in [0.3, 0.4) is 0 Å². The minimum atomic E-state index is 0.0698. The molecule has 1 unspecified atom stereocenters. The van der Waals surface area contributed by atoms with Gasteiger partial charge in [0.1, 0.15) is 5.82 Å². The molecule has 2 aromatic rings. The fourth-order valence-corrected chi connectivity index (χ4v) is 3.94. The second kappa shape index (κ2) is 8.45. The molecule has 25 heavy (non-hydrogen) atoms. The number of anilines is 1. The predicted octanol–water partition coefficient (Wildman–Crippen LogP) is 3.28. The highest BCUT2D eigenvalue weighted by molar-refractivity contribution is 7.07. The first kappa shape index (κ1) is 17.9. The number of pyridine rings is 1. The number of rotatable bonds is 6. The van der Waals surface area contributed by atoms with E-state index in [1.165, 1.54) is 5.56 Å². The Labute approximate surface area is 153 Å². The number of hydrogen-bond donors (Lipinski definition) is 0. The third-order valence-corrected chi connectivity index (χ3v) is 5.33. The van der Waals surface area contributed by atoms with E-state index in [2.05, 4.69) is 26.7 Å². The van der Waals surface area contributed by atoms with Crippen molar-refractivity contribution in [3.8, 4) is 0 Å². The number of likely N-dealkylation sites (tertiary alicyclic amines) is 1. The highest BCUT2D eigenvalue weighted by atomic mass is 32.1. The van der Waals surface area contributed by atoms with Crippen molar-refractivity contribution in [2.75, 3.05) is 38.8 Å². The van der Waals surface area contributed by atoms with Gasteiger partial charge in [0.25, 0.3) is 5.91 Å². The average Bonchev–Trinajstić information content (AvgIpc) is 3.15. The van der Waals surface area contributed by atoms with Crippen molar-refractivity contribution in [2.24, 2.45) is 5.92 Å². The zero-order chi connectivity index (χ0) is 17.6. The van der Waals surface area contributed by atoms with Gasteiger partial charge >= 0.3 is 0 Å². The minimum absolute atomic E-state index is 0.0698. The maximum Gasteiger partial charge on any atom is 0.255 e. The van der Waals surface area contributed by atoms with Crippen molar-refractivity contribution < 1.29 is 9.53 Å². The molecule has 5 nitrogen and oxygen atoms in total. The molecule has 134 valence electrons. The molecule has 0 aromatic carbocycles. The van der Waals surface area contributed by atoms with Crippen LogP contribution in [0.5, 0.6) is 0 Å². The summed E-state index contributed by atoms with van der Waals surface area (Å²) in [5.74, 6) is 1.38. The first-order valence-electron chi connectivity index (χ1n) is 8.64. The Morgan fingerprint density at radius 3 is 3.00 bits per heavy atom. The molecule has 1 saturated heterocycles. The van der Waals surface area contributed by atoms with E-state index in [0.29, 0.717) is 18.1 Å². The molecule has 1 aliphatic heterocycles. The van der Waals surface area contributed by atoms with E-state index < -0.39 is 0 Å². The van der Waals surface area contributed by atoms with Gasteiger partial charge in [-0.25, -0.2) is 4.98 Å². The minimum Gasteiger partial charge on any atom is -0.384 e. The molecule has 0 radical (unpaired) electrons. The zero-order valence-corrected chi connectivity index (χ0v) is 15.7. The van der Waals surface area contributed by atoms with E-state index >= 15 is 0 Å². The molecule has 6 heteroatoms. The Kier molecular flexibility index (Phi) is 6.04. The Morgan fingerprint density at radius 1 is 1.44 bits per heavy atom. The lowest BCUT2D eigenvalue weighted by Gasteiger charge is -2.32. The first-order chi connectivity index (χ1) is 12.2. The van der Waals surface area contributed by atoms with Crippen molar-refractivity contribution in [1.29, 1.82) is 0 Å². The number of ether oxygens (including phenoxy) is 1. The van der Waals surface area contributed by atoms with Crippen molar-refractivity contribution >= 4 is 23.1 Å². The standard InChI is InChI=1S/C19H25N3O2S/c1-21(11-16-7-9-25-14-16)18-6-5-17(10-20-18)19(23)22-8-3-4-15(12-22)13-24-2/h5-7,9-10,14-15H,3-4,8,11-13H2,1-2H3. The molecular formula is C19H25N3O2S. The number of thiophene rings is 1. The fourth-order valence-electron chi connectivity index (χ4n) is 3.28. The predicted molar refractivity (Wildman–Crippen MR) is 101 cm³/mol. The van der Waals surface area contributed by atoms with Gasteiger partial charge in [-0.05, 0) is 53.3 Å². The van der Waals surface area contributed by atoms with E-state index in [1.54, 1.807) is 24.6 Å². The maximum absolute atomic E-state index is 12.7. The highest BCUT2D eigenvalue weighted by Crippen LogP contribution is 2.20. The number of carbonyl (C=O) groups excluding carboxylic acids is 1. The van der Waals surface area contributed by atoms with Gasteiger partial charge < -0.3 is 14.5 Å². The van der Waals surface area contributed by atoms with E-state index in [-0.39, 0.29) is 5.91 Å². The Balaban J connectivity index is 1.62. The third-order valence-electron chi connectivity index (χ3n) is 4.59. The molecule has 3 rings (SSSR count). The SMILES string of the molecule is COCC1CCCN(C(=O)c2ccc(N(C)Cc3ccsc3)nc2)C1. The highest BCUT2D eigenvalue weighted by Gasteiger charge is 2.24. The Hall–Kier alpha value is -1.92. The van der Waals surface area contributed by atoms with Crippen LogP contribution in [0.2, 0.25) is 0 Å². The van der Waals surface area contributed by atoms with E-state index in [0.717, 1.165) is 38.3 Å².